The van der Waals surface area contributed by atoms with Gasteiger partial charge in [0.25, 0.3) is 0 Å². The molecule has 2 aliphatic rings. The molecule has 1 saturated heterocycles. The number of rotatable bonds is 1. The minimum atomic E-state index is -0.453. The summed E-state index contributed by atoms with van der Waals surface area (Å²) in [6, 6.07) is 0. The Hall–Kier alpha value is -1.36. The van der Waals surface area contributed by atoms with Gasteiger partial charge in [0.15, 0.2) is 11.6 Å². The predicted molar refractivity (Wildman–Crippen MR) is 70.2 cm³/mol. The molecular weight excluding hydrogens is 228 g/mol. The summed E-state index contributed by atoms with van der Waals surface area (Å²) in [6.45, 7) is 1.66. The van der Waals surface area contributed by atoms with Gasteiger partial charge >= 0.3 is 0 Å². The highest BCUT2D eigenvalue weighted by atomic mass is 16.3. The van der Waals surface area contributed by atoms with Crippen molar-refractivity contribution in [3.8, 4) is 0 Å². The monoisotopic (exact) mass is 248 g/mol. The molecule has 2 atom stereocenters. The van der Waals surface area contributed by atoms with E-state index in [4.69, 9.17) is 5.73 Å². The highest BCUT2D eigenvalue weighted by Crippen LogP contribution is 2.40. The van der Waals surface area contributed by atoms with Crippen molar-refractivity contribution in [2.75, 3.05) is 23.7 Å². The van der Waals surface area contributed by atoms with Crippen molar-refractivity contribution in [1.29, 1.82) is 0 Å². The molecule has 18 heavy (non-hydrogen) atoms. The molecule has 1 aliphatic heterocycles. The van der Waals surface area contributed by atoms with E-state index in [0.29, 0.717) is 11.7 Å². The molecule has 0 spiro atoms. The molecule has 5 nitrogen and oxygen atoms in total. The van der Waals surface area contributed by atoms with Crippen LogP contribution >= 0.6 is 0 Å². The largest absolute Gasteiger partial charge is 0.389 e. The van der Waals surface area contributed by atoms with Crippen molar-refractivity contribution < 1.29 is 5.11 Å². The first-order valence-corrected chi connectivity index (χ1v) is 6.73. The zero-order chi connectivity index (χ0) is 12.6. The molecule has 2 unspecified atom stereocenters. The normalized spacial score (nSPS) is 32.1. The fourth-order valence-electron chi connectivity index (χ4n) is 3.35. The van der Waals surface area contributed by atoms with Gasteiger partial charge < -0.3 is 15.7 Å². The van der Waals surface area contributed by atoms with E-state index < -0.39 is 5.60 Å². The summed E-state index contributed by atoms with van der Waals surface area (Å²) < 4.78 is 0. The first-order chi connectivity index (χ1) is 8.69. The molecule has 0 amide bonds. The number of anilines is 2. The van der Waals surface area contributed by atoms with Gasteiger partial charge in [0.05, 0.1) is 5.60 Å². The Bertz CT molecular complexity index is 439. The van der Waals surface area contributed by atoms with Gasteiger partial charge in [-0.15, -0.1) is 0 Å². The van der Waals surface area contributed by atoms with Crippen molar-refractivity contribution in [2.45, 2.75) is 37.7 Å². The van der Waals surface area contributed by atoms with Gasteiger partial charge in [0.2, 0.25) is 0 Å². The second kappa shape index (κ2) is 4.39. The lowest BCUT2D eigenvalue weighted by atomic mass is 9.71. The van der Waals surface area contributed by atoms with E-state index in [2.05, 4.69) is 14.9 Å². The molecule has 0 bridgehead atoms. The van der Waals surface area contributed by atoms with E-state index >= 15 is 0 Å². The molecule has 2 heterocycles. The average molecular weight is 248 g/mol. The molecule has 3 rings (SSSR count). The van der Waals surface area contributed by atoms with E-state index in [1.54, 1.807) is 12.4 Å². The minimum Gasteiger partial charge on any atom is -0.389 e. The molecule has 1 aliphatic carbocycles. The standard InChI is InChI=1S/C13H20N4O/c14-11-12(16-7-6-15-11)17-8-5-13(18)4-2-1-3-10(13)9-17/h6-7,10,18H,1-5,8-9H2,(H2,14,15). The predicted octanol–water partition coefficient (Wildman–Crippen LogP) is 1.19. The summed E-state index contributed by atoms with van der Waals surface area (Å²) in [4.78, 5) is 10.6. The fourth-order valence-corrected chi connectivity index (χ4v) is 3.35. The highest BCUT2D eigenvalue weighted by Gasteiger charge is 2.43. The number of hydrogen-bond acceptors (Lipinski definition) is 5. The molecule has 2 fully saturated rings. The second-order valence-corrected chi connectivity index (χ2v) is 5.51. The smallest absolute Gasteiger partial charge is 0.171 e. The molecule has 5 heteroatoms. The Morgan fingerprint density at radius 3 is 2.94 bits per heavy atom. The lowest BCUT2D eigenvalue weighted by Crippen LogP contribution is -2.53. The average Bonchev–Trinajstić information content (AvgIpc) is 2.38. The van der Waals surface area contributed by atoms with Gasteiger partial charge in [-0.25, -0.2) is 9.97 Å². The number of nitrogens with zero attached hydrogens (tertiary/aromatic N) is 3. The van der Waals surface area contributed by atoms with Crippen LogP contribution in [0.25, 0.3) is 0 Å². The van der Waals surface area contributed by atoms with E-state index in [-0.39, 0.29) is 0 Å². The summed E-state index contributed by atoms with van der Waals surface area (Å²) in [5.74, 6) is 1.60. The van der Waals surface area contributed by atoms with Crippen LogP contribution in [-0.4, -0.2) is 33.8 Å². The Balaban J connectivity index is 1.80. The van der Waals surface area contributed by atoms with Crippen molar-refractivity contribution in [1.82, 2.24) is 9.97 Å². The van der Waals surface area contributed by atoms with E-state index in [0.717, 1.165) is 44.6 Å². The number of hydrogen-bond donors (Lipinski definition) is 2. The number of aromatic nitrogens is 2. The summed E-state index contributed by atoms with van der Waals surface area (Å²) in [5, 5.41) is 10.6. The quantitative estimate of drug-likeness (QED) is 0.781. The van der Waals surface area contributed by atoms with Gasteiger partial charge in [-0.1, -0.05) is 12.8 Å². The SMILES string of the molecule is Nc1nccnc1N1CCC2(O)CCCCC2C1. The molecule has 1 aromatic rings. The zero-order valence-electron chi connectivity index (χ0n) is 10.5. The third-order valence-electron chi connectivity index (χ3n) is 4.43. The summed E-state index contributed by atoms with van der Waals surface area (Å²) in [5.41, 5.74) is 5.42. The number of fused-ring (bicyclic) bond motifs is 1. The Morgan fingerprint density at radius 1 is 1.28 bits per heavy atom. The molecule has 0 aromatic carbocycles. The first-order valence-electron chi connectivity index (χ1n) is 6.73. The summed E-state index contributed by atoms with van der Waals surface area (Å²) >= 11 is 0. The lowest BCUT2D eigenvalue weighted by Gasteiger charge is -2.47. The summed E-state index contributed by atoms with van der Waals surface area (Å²) in [6.07, 6.45) is 8.52. The maximum atomic E-state index is 10.6. The van der Waals surface area contributed by atoms with Gasteiger partial charge in [-0.05, 0) is 19.3 Å². The fraction of sp³-hybridized carbons (Fsp3) is 0.692. The highest BCUT2D eigenvalue weighted by molar-refractivity contribution is 5.57. The number of nitrogens with two attached hydrogens (primary N) is 1. The molecule has 98 valence electrons. The van der Waals surface area contributed by atoms with Crippen LogP contribution in [0.1, 0.15) is 32.1 Å². The molecular formula is C13H20N4O. The van der Waals surface area contributed by atoms with Crippen molar-refractivity contribution in [3.05, 3.63) is 12.4 Å². The van der Waals surface area contributed by atoms with Crippen molar-refractivity contribution in [2.24, 2.45) is 5.92 Å². The van der Waals surface area contributed by atoms with Crippen molar-refractivity contribution >= 4 is 11.6 Å². The maximum Gasteiger partial charge on any atom is 0.171 e. The number of nitrogen functional groups attached to an aromatic ring is 1. The van der Waals surface area contributed by atoms with Crippen LogP contribution in [0.4, 0.5) is 11.6 Å². The summed E-state index contributed by atoms with van der Waals surface area (Å²) in [7, 11) is 0. The third kappa shape index (κ3) is 1.92. The van der Waals surface area contributed by atoms with Crippen LogP contribution in [0.2, 0.25) is 0 Å². The van der Waals surface area contributed by atoms with E-state index in [9.17, 15) is 5.11 Å². The van der Waals surface area contributed by atoms with Crippen LogP contribution < -0.4 is 10.6 Å². The van der Waals surface area contributed by atoms with Crippen LogP contribution in [0, 0.1) is 5.92 Å². The first kappa shape index (κ1) is 11.7. The Kier molecular flexibility index (Phi) is 2.86. The topological polar surface area (TPSA) is 75.3 Å². The van der Waals surface area contributed by atoms with Gasteiger partial charge in [0.1, 0.15) is 0 Å². The van der Waals surface area contributed by atoms with E-state index in [1.165, 1.54) is 6.42 Å². The lowest BCUT2D eigenvalue weighted by molar-refractivity contribution is -0.0613. The van der Waals surface area contributed by atoms with Crippen LogP contribution in [0.5, 0.6) is 0 Å². The molecule has 3 N–H and O–H groups in total. The molecule has 1 aromatic heterocycles. The maximum absolute atomic E-state index is 10.6. The van der Waals surface area contributed by atoms with Gasteiger partial charge in [0, 0.05) is 31.4 Å². The molecule has 1 saturated carbocycles. The van der Waals surface area contributed by atoms with Crippen LogP contribution in [-0.2, 0) is 0 Å². The Labute approximate surface area is 107 Å². The number of piperidine rings is 1. The van der Waals surface area contributed by atoms with Gasteiger partial charge in [-0.2, -0.15) is 0 Å². The van der Waals surface area contributed by atoms with Crippen LogP contribution in [0.3, 0.4) is 0 Å². The van der Waals surface area contributed by atoms with E-state index in [1.807, 2.05) is 0 Å². The second-order valence-electron chi connectivity index (χ2n) is 5.51. The zero-order valence-corrected chi connectivity index (χ0v) is 10.5. The number of aliphatic hydroxyl groups is 1. The van der Waals surface area contributed by atoms with Crippen LogP contribution in [0.15, 0.2) is 12.4 Å². The minimum absolute atomic E-state index is 0.349. The third-order valence-corrected chi connectivity index (χ3v) is 4.43. The Morgan fingerprint density at radius 2 is 2.11 bits per heavy atom. The van der Waals surface area contributed by atoms with Crippen molar-refractivity contribution in [3.63, 3.8) is 0 Å². The molecule has 0 radical (unpaired) electrons. The van der Waals surface area contributed by atoms with Gasteiger partial charge in [-0.3, -0.25) is 0 Å².